The molecule has 2 fully saturated rings. The molecule has 0 unspecified atom stereocenters. The second-order valence-corrected chi connectivity index (χ2v) is 5.76. The van der Waals surface area contributed by atoms with Crippen LogP contribution in [0.3, 0.4) is 0 Å². The topological polar surface area (TPSA) is 56.3 Å². The summed E-state index contributed by atoms with van der Waals surface area (Å²) in [6.07, 6.45) is 3.33. The van der Waals surface area contributed by atoms with E-state index in [2.05, 4.69) is 15.3 Å². The highest BCUT2D eigenvalue weighted by molar-refractivity contribution is 5.34. The minimum Gasteiger partial charge on any atom is -0.375 e. The third-order valence-corrected chi connectivity index (χ3v) is 4.32. The number of aryl methyl sites for hydroxylation is 2. The molecule has 1 aliphatic heterocycles. The van der Waals surface area contributed by atoms with Crippen LogP contribution in [0.25, 0.3) is 0 Å². The van der Waals surface area contributed by atoms with Crippen molar-refractivity contribution in [3.8, 4) is 0 Å². The lowest BCUT2D eigenvalue weighted by Crippen LogP contribution is -2.66. The van der Waals surface area contributed by atoms with Gasteiger partial charge in [0.15, 0.2) is 0 Å². The first-order valence-electron chi connectivity index (χ1n) is 7.48. The average molecular weight is 277 g/mol. The van der Waals surface area contributed by atoms with E-state index in [1.165, 1.54) is 0 Å². The second-order valence-electron chi connectivity index (χ2n) is 5.76. The number of nitrogens with one attached hydrogen (secondary N) is 1. The van der Waals surface area contributed by atoms with Crippen LogP contribution in [0.4, 0.5) is 5.95 Å². The number of rotatable bonds is 4. The molecule has 1 aromatic heterocycles. The highest BCUT2D eigenvalue weighted by Crippen LogP contribution is 2.46. The van der Waals surface area contributed by atoms with E-state index in [1.807, 2.05) is 26.8 Å². The Kier molecular flexibility index (Phi) is 3.65. The molecule has 1 saturated heterocycles. The van der Waals surface area contributed by atoms with E-state index in [0.717, 1.165) is 43.9 Å². The number of ether oxygens (including phenoxy) is 2. The van der Waals surface area contributed by atoms with Gasteiger partial charge in [0, 0.05) is 24.6 Å². The van der Waals surface area contributed by atoms with Crippen LogP contribution in [0.2, 0.25) is 0 Å². The zero-order valence-corrected chi connectivity index (χ0v) is 12.5. The van der Waals surface area contributed by atoms with Crippen LogP contribution in [0.5, 0.6) is 0 Å². The highest BCUT2D eigenvalue weighted by Gasteiger charge is 2.59. The molecule has 0 radical (unpaired) electrons. The third kappa shape index (κ3) is 2.29. The Morgan fingerprint density at radius 3 is 2.75 bits per heavy atom. The van der Waals surface area contributed by atoms with Crippen molar-refractivity contribution in [1.82, 2.24) is 9.97 Å². The van der Waals surface area contributed by atoms with Crippen molar-refractivity contribution in [2.75, 3.05) is 18.5 Å². The average Bonchev–Trinajstić information content (AvgIpc) is 2.88. The molecule has 2 aliphatic rings. The fourth-order valence-corrected chi connectivity index (χ4v) is 3.43. The Hall–Kier alpha value is -1.20. The van der Waals surface area contributed by atoms with Crippen molar-refractivity contribution in [3.63, 3.8) is 0 Å². The van der Waals surface area contributed by atoms with Gasteiger partial charge in [-0.15, -0.1) is 0 Å². The quantitative estimate of drug-likeness (QED) is 0.914. The smallest absolute Gasteiger partial charge is 0.223 e. The predicted molar refractivity (Wildman–Crippen MR) is 76.9 cm³/mol. The lowest BCUT2D eigenvalue weighted by molar-refractivity contribution is -0.184. The summed E-state index contributed by atoms with van der Waals surface area (Å²) in [6, 6.07) is 2.24. The Bertz CT molecular complexity index is 466. The monoisotopic (exact) mass is 277 g/mol. The van der Waals surface area contributed by atoms with Gasteiger partial charge in [-0.25, -0.2) is 9.97 Å². The molecule has 0 bridgehead atoms. The minimum absolute atomic E-state index is 0.170. The van der Waals surface area contributed by atoms with Gasteiger partial charge in [0.1, 0.15) is 5.60 Å². The number of aromatic nitrogens is 2. The zero-order chi connectivity index (χ0) is 14.2. The number of nitrogens with zero attached hydrogens (tertiary/aromatic N) is 2. The molecule has 5 heteroatoms. The number of anilines is 1. The standard InChI is InChI=1S/C15H23N3O2/c1-4-19-13-9-12(15(13)6-5-7-20-15)18-14-16-10(2)8-11(3)17-14/h8,12-13H,4-7,9H2,1-3H3,(H,16,17,18)/t12-,13-,15-/m1/s1. The fraction of sp³-hybridized carbons (Fsp3) is 0.733. The van der Waals surface area contributed by atoms with E-state index < -0.39 is 0 Å². The van der Waals surface area contributed by atoms with Gasteiger partial charge in [0.25, 0.3) is 0 Å². The summed E-state index contributed by atoms with van der Waals surface area (Å²) in [5.74, 6) is 0.706. The van der Waals surface area contributed by atoms with Gasteiger partial charge in [-0.2, -0.15) is 0 Å². The maximum absolute atomic E-state index is 6.04. The molecule has 3 rings (SSSR count). The van der Waals surface area contributed by atoms with Gasteiger partial charge in [-0.1, -0.05) is 0 Å². The Morgan fingerprint density at radius 2 is 2.15 bits per heavy atom. The summed E-state index contributed by atoms with van der Waals surface area (Å²) in [5.41, 5.74) is 1.81. The van der Waals surface area contributed by atoms with Gasteiger partial charge < -0.3 is 14.8 Å². The van der Waals surface area contributed by atoms with E-state index in [-0.39, 0.29) is 17.7 Å². The van der Waals surface area contributed by atoms with Gasteiger partial charge in [-0.05, 0) is 46.1 Å². The maximum Gasteiger partial charge on any atom is 0.223 e. The maximum atomic E-state index is 6.04. The van der Waals surface area contributed by atoms with Crippen LogP contribution in [-0.2, 0) is 9.47 Å². The molecule has 1 aliphatic carbocycles. The molecule has 110 valence electrons. The Labute approximate surface area is 120 Å². The van der Waals surface area contributed by atoms with Gasteiger partial charge in [0.2, 0.25) is 5.95 Å². The van der Waals surface area contributed by atoms with Crippen LogP contribution in [-0.4, -0.2) is 40.9 Å². The first-order valence-corrected chi connectivity index (χ1v) is 7.48. The molecule has 1 N–H and O–H groups in total. The van der Waals surface area contributed by atoms with Crippen molar-refractivity contribution < 1.29 is 9.47 Å². The normalized spacial score (nSPS) is 32.4. The van der Waals surface area contributed by atoms with E-state index in [1.54, 1.807) is 0 Å². The van der Waals surface area contributed by atoms with E-state index in [9.17, 15) is 0 Å². The van der Waals surface area contributed by atoms with Crippen molar-refractivity contribution in [3.05, 3.63) is 17.5 Å². The van der Waals surface area contributed by atoms with Crippen molar-refractivity contribution >= 4 is 5.95 Å². The lowest BCUT2D eigenvalue weighted by atomic mass is 9.70. The van der Waals surface area contributed by atoms with Gasteiger partial charge in [0.05, 0.1) is 12.1 Å². The molecular formula is C15H23N3O2. The summed E-state index contributed by atoms with van der Waals surface area (Å²) in [4.78, 5) is 8.93. The van der Waals surface area contributed by atoms with Gasteiger partial charge >= 0.3 is 0 Å². The SMILES string of the molecule is CCO[C@@H]1C[C@@H](Nc2nc(C)cc(C)n2)[C@]12CCCO2. The van der Waals surface area contributed by atoms with Crippen molar-refractivity contribution in [1.29, 1.82) is 0 Å². The van der Waals surface area contributed by atoms with Crippen LogP contribution < -0.4 is 5.32 Å². The van der Waals surface area contributed by atoms with Crippen LogP contribution in [0, 0.1) is 13.8 Å². The Balaban J connectivity index is 1.74. The molecule has 0 aromatic carbocycles. The predicted octanol–water partition coefficient (Wildman–Crippen LogP) is 2.23. The fourth-order valence-electron chi connectivity index (χ4n) is 3.43. The summed E-state index contributed by atoms with van der Waals surface area (Å²) in [6.45, 7) is 7.59. The summed E-state index contributed by atoms with van der Waals surface area (Å²) >= 11 is 0. The molecule has 5 nitrogen and oxygen atoms in total. The zero-order valence-electron chi connectivity index (χ0n) is 12.5. The molecule has 1 aromatic rings. The molecular weight excluding hydrogens is 254 g/mol. The number of hydrogen-bond acceptors (Lipinski definition) is 5. The van der Waals surface area contributed by atoms with Crippen molar-refractivity contribution in [2.45, 2.75) is 57.8 Å². The van der Waals surface area contributed by atoms with Crippen LogP contribution in [0.1, 0.15) is 37.6 Å². The summed E-state index contributed by atoms with van der Waals surface area (Å²) in [7, 11) is 0. The summed E-state index contributed by atoms with van der Waals surface area (Å²) in [5, 5.41) is 3.45. The molecule has 1 spiro atoms. The first kappa shape index (κ1) is 13.8. The second kappa shape index (κ2) is 5.30. The van der Waals surface area contributed by atoms with E-state index >= 15 is 0 Å². The van der Waals surface area contributed by atoms with E-state index in [0.29, 0.717) is 5.95 Å². The van der Waals surface area contributed by atoms with Crippen molar-refractivity contribution in [2.24, 2.45) is 0 Å². The third-order valence-electron chi connectivity index (χ3n) is 4.32. The highest BCUT2D eigenvalue weighted by atomic mass is 16.6. The molecule has 20 heavy (non-hydrogen) atoms. The van der Waals surface area contributed by atoms with Crippen LogP contribution in [0.15, 0.2) is 6.07 Å². The molecule has 3 atom stereocenters. The minimum atomic E-state index is -0.170. The van der Waals surface area contributed by atoms with E-state index in [4.69, 9.17) is 9.47 Å². The largest absolute Gasteiger partial charge is 0.375 e. The van der Waals surface area contributed by atoms with Crippen LogP contribution >= 0.6 is 0 Å². The number of hydrogen-bond donors (Lipinski definition) is 1. The lowest BCUT2D eigenvalue weighted by Gasteiger charge is -2.52. The summed E-state index contributed by atoms with van der Waals surface area (Å²) < 4.78 is 11.9. The first-order chi connectivity index (χ1) is 9.64. The molecule has 1 saturated carbocycles. The molecule has 0 amide bonds. The van der Waals surface area contributed by atoms with Gasteiger partial charge in [-0.3, -0.25) is 0 Å². The molecule has 2 heterocycles. The Morgan fingerprint density at radius 1 is 1.40 bits per heavy atom.